The molecular weight excluding hydrogens is 384 g/mol. The molecule has 4 rings (SSSR count). The summed E-state index contributed by atoms with van der Waals surface area (Å²) >= 11 is 5.33. The normalized spacial score (nSPS) is 14.5. The van der Waals surface area contributed by atoms with Gasteiger partial charge in [-0.1, -0.05) is 0 Å². The Kier molecular flexibility index (Phi) is 4.35. The summed E-state index contributed by atoms with van der Waals surface area (Å²) in [7, 11) is 0. The van der Waals surface area contributed by atoms with E-state index >= 15 is 0 Å². The summed E-state index contributed by atoms with van der Waals surface area (Å²) in [6.07, 6.45) is 2.94. The van der Waals surface area contributed by atoms with E-state index in [0.717, 1.165) is 43.1 Å². The molecule has 122 valence electrons. The summed E-state index contributed by atoms with van der Waals surface area (Å²) in [6, 6.07) is 12.0. The van der Waals surface area contributed by atoms with E-state index in [2.05, 4.69) is 37.9 Å². The highest BCUT2D eigenvalue weighted by atomic mass is 79.9. The molecule has 0 saturated heterocycles. The Bertz CT molecular complexity index is 860. The van der Waals surface area contributed by atoms with Crippen molar-refractivity contribution >= 4 is 33.0 Å². The topological polar surface area (TPSA) is 55.0 Å². The van der Waals surface area contributed by atoms with Gasteiger partial charge in [0.1, 0.15) is 0 Å². The van der Waals surface area contributed by atoms with Crippen molar-refractivity contribution in [1.29, 1.82) is 0 Å². The fraction of sp³-hybridized carbons (Fsp3) is 0.222. The molecule has 2 N–H and O–H groups in total. The zero-order valence-electron chi connectivity index (χ0n) is 13.1. The van der Waals surface area contributed by atoms with Gasteiger partial charge in [0.25, 0.3) is 0 Å². The lowest BCUT2D eigenvalue weighted by molar-refractivity contribution is 0.245. The van der Waals surface area contributed by atoms with Crippen LogP contribution >= 0.6 is 27.3 Å². The highest BCUT2D eigenvalue weighted by molar-refractivity contribution is 9.11. The molecule has 2 aromatic heterocycles. The molecule has 0 bridgehead atoms. The first-order chi connectivity index (χ1) is 11.7. The summed E-state index contributed by atoms with van der Waals surface area (Å²) in [4.78, 5) is 13.2. The quantitative estimate of drug-likeness (QED) is 0.672. The van der Waals surface area contributed by atoms with Gasteiger partial charge in [-0.15, -0.1) is 11.3 Å². The lowest BCUT2D eigenvalue weighted by Gasteiger charge is -2.27. The van der Waals surface area contributed by atoms with Crippen molar-refractivity contribution in [3.05, 3.63) is 62.5 Å². The molecule has 1 aliphatic rings. The van der Waals surface area contributed by atoms with Crippen molar-refractivity contribution in [3.63, 3.8) is 0 Å². The highest BCUT2D eigenvalue weighted by Crippen LogP contribution is 2.26. The minimum Gasteiger partial charge on any atom is -0.399 e. The number of halogens is 1. The van der Waals surface area contributed by atoms with E-state index in [1.807, 2.05) is 30.5 Å². The smallest absolute Gasteiger partial charge is 0.159 e. The average Bonchev–Trinajstić information content (AvgIpc) is 3.00. The number of fused-ring (bicyclic) bond motifs is 1. The molecule has 0 saturated carbocycles. The fourth-order valence-electron chi connectivity index (χ4n) is 2.94. The van der Waals surface area contributed by atoms with Crippen LogP contribution in [0.4, 0.5) is 5.69 Å². The zero-order valence-corrected chi connectivity index (χ0v) is 15.5. The highest BCUT2D eigenvalue weighted by Gasteiger charge is 2.19. The van der Waals surface area contributed by atoms with Gasteiger partial charge in [-0.05, 0) is 52.3 Å². The first kappa shape index (κ1) is 15.7. The van der Waals surface area contributed by atoms with Gasteiger partial charge in [-0.3, -0.25) is 4.90 Å². The number of aromatic nitrogens is 2. The van der Waals surface area contributed by atoms with Crippen LogP contribution in [0, 0.1) is 0 Å². The van der Waals surface area contributed by atoms with E-state index in [4.69, 9.17) is 10.7 Å². The number of hydrogen-bond acceptors (Lipinski definition) is 5. The maximum atomic E-state index is 5.75. The number of rotatable bonds is 3. The second-order valence-electron chi connectivity index (χ2n) is 5.95. The van der Waals surface area contributed by atoms with E-state index in [1.54, 1.807) is 11.3 Å². The lowest BCUT2D eigenvalue weighted by atomic mass is 10.1. The van der Waals surface area contributed by atoms with Crippen LogP contribution in [0.1, 0.15) is 16.1 Å². The maximum Gasteiger partial charge on any atom is 0.159 e. The van der Waals surface area contributed by atoms with E-state index in [-0.39, 0.29) is 0 Å². The van der Waals surface area contributed by atoms with Crippen LogP contribution in [0.3, 0.4) is 0 Å². The predicted octanol–water partition coefficient (Wildman–Crippen LogP) is 4.11. The Morgan fingerprint density at radius 3 is 2.75 bits per heavy atom. The molecule has 0 radical (unpaired) electrons. The summed E-state index contributed by atoms with van der Waals surface area (Å²) in [5.41, 5.74) is 9.92. The van der Waals surface area contributed by atoms with E-state index in [0.29, 0.717) is 0 Å². The number of hydrogen-bond donors (Lipinski definition) is 1. The van der Waals surface area contributed by atoms with Gasteiger partial charge >= 0.3 is 0 Å². The average molecular weight is 401 g/mol. The molecule has 1 aromatic carbocycles. The Balaban J connectivity index is 1.52. The van der Waals surface area contributed by atoms with E-state index < -0.39 is 0 Å². The molecule has 0 fully saturated rings. The Morgan fingerprint density at radius 2 is 2.00 bits per heavy atom. The van der Waals surface area contributed by atoms with Crippen LogP contribution in [-0.2, 0) is 19.5 Å². The molecule has 24 heavy (non-hydrogen) atoms. The molecule has 1 aliphatic heterocycles. The van der Waals surface area contributed by atoms with Gasteiger partial charge in [0, 0.05) is 53.9 Å². The SMILES string of the molecule is Nc1ccc(-c2ncc3c(n2)CCN(Cc2ccc(Br)s2)C3)cc1. The maximum absolute atomic E-state index is 5.75. The molecule has 3 aromatic rings. The lowest BCUT2D eigenvalue weighted by Crippen LogP contribution is -2.30. The van der Waals surface area contributed by atoms with Crippen molar-refractivity contribution in [2.75, 3.05) is 12.3 Å². The van der Waals surface area contributed by atoms with Crippen LogP contribution in [0.5, 0.6) is 0 Å². The van der Waals surface area contributed by atoms with Crippen LogP contribution in [0.15, 0.2) is 46.4 Å². The third-order valence-corrected chi connectivity index (χ3v) is 5.80. The second-order valence-corrected chi connectivity index (χ2v) is 8.50. The fourth-order valence-corrected chi connectivity index (χ4v) is 4.46. The van der Waals surface area contributed by atoms with Gasteiger partial charge in [0.15, 0.2) is 5.82 Å². The second kappa shape index (κ2) is 6.63. The van der Waals surface area contributed by atoms with Crippen LogP contribution in [0.2, 0.25) is 0 Å². The molecule has 6 heteroatoms. The summed E-state index contributed by atoms with van der Waals surface area (Å²) < 4.78 is 1.19. The number of benzene rings is 1. The van der Waals surface area contributed by atoms with Crippen molar-refractivity contribution in [2.24, 2.45) is 0 Å². The van der Waals surface area contributed by atoms with Gasteiger partial charge in [-0.2, -0.15) is 0 Å². The zero-order chi connectivity index (χ0) is 16.5. The first-order valence-corrected chi connectivity index (χ1v) is 9.45. The minimum atomic E-state index is 0.757. The van der Waals surface area contributed by atoms with Crippen LogP contribution in [0.25, 0.3) is 11.4 Å². The van der Waals surface area contributed by atoms with Gasteiger partial charge in [-0.25, -0.2) is 9.97 Å². The summed E-state index contributed by atoms with van der Waals surface area (Å²) in [5.74, 6) is 0.782. The molecular formula is C18H17BrN4S. The third kappa shape index (κ3) is 3.36. The minimum absolute atomic E-state index is 0.757. The van der Waals surface area contributed by atoms with Gasteiger partial charge in [0.2, 0.25) is 0 Å². The van der Waals surface area contributed by atoms with E-state index in [1.165, 1.54) is 19.9 Å². The van der Waals surface area contributed by atoms with E-state index in [9.17, 15) is 0 Å². The monoisotopic (exact) mass is 400 g/mol. The van der Waals surface area contributed by atoms with Crippen LogP contribution < -0.4 is 5.73 Å². The molecule has 0 aliphatic carbocycles. The molecule has 0 spiro atoms. The Morgan fingerprint density at radius 1 is 1.17 bits per heavy atom. The molecule has 0 amide bonds. The molecule has 3 heterocycles. The largest absolute Gasteiger partial charge is 0.399 e. The predicted molar refractivity (Wildman–Crippen MR) is 102 cm³/mol. The number of anilines is 1. The Hall–Kier alpha value is -1.76. The van der Waals surface area contributed by atoms with Crippen LogP contribution in [-0.4, -0.2) is 21.4 Å². The van der Waals surface area contributed by atoms with Crippen molar-refractivity contribution in [3.8, 4) is 11.4 Å². The third-order valence-electron chi connectivity index (χ3n) is 4.19. The van der Waals surface area contributed by atoms with Gasteiger partial charge < -0.3 is 5.73 Å². The standard InChI is InChI=1S/C18H17BrN4S/c19-17-6-5-15(24-17)11-23-8-7-16-13(10-23)9-21-18(22-16)12-1-3-14(20)4-2-12/h1-6,9H,7-8,10-11,20H2. The number of nitrogens with two attached hydrogens (primary N) is 1. The molecule has 4 nitrogen and oxygen atoms in total. The number of nitrogens with zero attached hydrogens (tertiary/aromatic N) is 3. The number of thiophene rings is 1. The van der Waals surface area contributed by atoms with Crippen molar-refractivity contribution in [2.45, 2.75) is 19.5 Å². The summed E-state index contributed by atoms with van der Waals surface area (Å²) in [5, 5.41) is 0. The first-order valence-electron chi connectivity index (χ1n) is 7.84. The van der Waals surface area contributed by atoms with Gasteiger partial charge in [0.05, 0.1) is 9.48 Å². The molecule has 0 atom stereocenters. The van der Waals surface area contributed by atoms with Crippen molar-refractivity contribution in [1.82, 2.24) is 14.9 Å². The summed E-state index contributed by atoms with van der Waals surface area (Å²) in [6.45, 7) is 2.92. The number of nitrogen functional groups attached to an aromatic ring is 1. The molecule has 0 unspecified atom stereocenters. The van der Waals surface area contributed by atoms with Crippen molar-refractivity contribution < 1.29 is 0 Å². The Labute approximate surface area is 153 Å².